The summed E-state index contributed by atoms with van der Waals surface area (Å²) in [6.07, 6.45) is 94.4. The van der Waals surface area contributed by atoms with Gasteiger partial charge in [-0.15, -0.1) is 0 Å². The fourth-order valence-corrected chi connectivity index (χ4v) is 12.3. The fourth-order valence-electron chi connectivity index (χ4n) is 12.3. The Morgan fingerprint density at radius 3 is 0.845 bits per heavy atom. The Hall–Kier alpha value is -1.66. The zero-order valence-corrected chi connectivity index (χ0v) is 57.2. The lowest BCUT2D eigenvalue weighted by Crippen LogP contribution is -2.45. The molecule has 0 aliphatic rings. The number of hydrogen-bond donors (Lipinski definition) is 3. The van der Waals surface area contributed by atoms with Gasteiger partial charge < -0.3 is 20.3 Å². The topological polar surface area (TPSA) is 95.9 Å². The Bertz CT molecular complexity index is 1320. The van der Waals surface area contributed by atoms with Crippen molar-refractivity contribution >= 4 is 11.9 Å². The third kappa shape index (κ3) is 69.4. The molecule has 0 rings (SSSR count). The molecule has 2 atom stereocenters. The van der Waals surface area contributed by atoms with Gasteiger partial charge in [0.05, 0.1) is 25.4 Å². The molecular formula is C78H151NO5. The number of aliphatic hydroxyl groups is 2. The Morgan fingerprint density at radius 1 is 0.321 bits per heavy atom. The number of rotatable bonds is 73. The van der Waals surface area contributed by atoms with E-state index >= 15 is 0 Å². The van der Waals surface area contributed by atoms with Gasteiger partial charge in [0, 0.05) is 12.8 Å². The first-order chi connectivity index (χ1) is 41.5. The van der Waals surface area contributed by atoms with Crippen molar-refractivity contribution in [2.75, 3.05) is 13.2 Å². The Morgan fingerprint density at radius 2 is 0.560 bits per heavy atom. The van der Waals surface area contributed by atoms with Crippen LogP contribution in [0.1, 0.15) is 438 Å². The van der Waals surface area contributed by atoms with Gasteiger partial charge in [0.1, 0.15) is 0 Å². The molecule has 0 heterocycles. The molecule has 2 unspecified atom stereocenters. The first kappa shape index (κ1) is 82.3. The standard InChI is InChI=1S/C78H151NO5/c1-3-5-7-9-11-13-15-17-19-20-40-43-46-50-54-58-62-66-70-76(81)75(74-80)79-77(82)71-67-63-59-55-51-47-44-41-38-36-34-32-30-28-26-24-22-21-23-25-27-29-31-33-35-37-39-42-45-49-53-57-61-65-69-73-84-78(83)72-68-64-60-56-52-48-18-16-14-12-10-8-6-4-2/h23,25,66,70,75-76,80-81H,3-22,24,26-65,67-69,71-74H2,1-2H3,(H,79,82)/b25-23-,70-66+. The van der Waals surface area contributed by atoms with E-state index in [4.69, 9.17) is 4.74 Å². The van der Waals surface area contributed by atoms with Gasteiger partial charge >= 0.3 is 5.97 Å². The Balaban J connectivity index is 3.35. The normalized spacial score (nSPS) is 12.6. The van der Waals surface area contributed by atoms with Gasteiger partial charge in [-0.25, -0.2) is 0 Å². The predicted molar refractivity (Wildman–Crippen MR) is 370 cm³/mol. The highest BCUT2D eigenvalue weighted by molar-refractivity contribution is 5.76. The van der Waals surface area contributed by atoms with Gasteiger partial charge in [0.2, 0.25) is 5.91 Å². The average Bonchev–Trinajstić information content (AvgIpc) is 3.52. The number of carbonyl (C=O) groups is 2. The minimum absolute atomic E-state index is 0.0231. The first-order valence-electron chi connectivity index (χ1n) is 38.6. The summed E-state index contributed by atoms with van der Waals surface area (Å²) in [6, 6.07) is -0.625. The van der Waals surface area contributed by atoms with Crippen molar-refractivity contribution in [3.63, 3.8) is 0 Å². The third-order valence-corrected chi connectivity index (χ3v) is 18.2. The molecule has 0 aliphatic heterocycles. The average molecular weight is 1180 g/mol. The molecule has 84 heavy (non-hydrogen) atoms. The predicted octanol–water partition coefficient (Wildman–Crippen LogP) is 25.3. The van der Waals surface area contributed by atoms with E-state index in [1.54, 1.807) is 6.08 Å². The fraction of sp³-hybridized carbons (Fsp3) is 0.923. The van der Waals surface area contributed by atoms with Crippen LogP contribution in [-0.4, -0.2) is 47.4 Å². The van der Waals surface area contributed by atoms with Crippen molar-refractivity contribution in [3.05, 3.63) is 24.3 Å². The van der Waals surface area contributed by atoms with Gasteiger partial charge in [-0.1, -0.05) is 391 Å². The number of unbranched alkanes of at least 4 members (excludes halogenated alkanes) is 60. The van der Waals surface area contributed by atoms with Crippen LogP contribution in [0.15, 0.2) is 24.3 Å². The van der Waals surface area contributed by atoms with Gasteiger partial charge in [0.15, 0.2) is 0 Å². The molecule has 0 aromatic rings. The molecule has 0 bridgehead atoms. The van der Waals surface area contributed by atoms with Crippen LogP contribution >= 0.6 is 0 Å². The summed E-state index contributed by atoms with van der Waals surface area (Å²) in [5, 5.41) is 23.2. The van der Waals surface area contributed by atoms with Crippen molar-refractivity contribution in [2.24, 2.45) is 0 Å². The van der Waals surface area contributed by atoms with E-state index < -0.39 is 12.1 Å². The summed E-state index contributed by atoms with van der Waals surface area (Å²) in [7, 11) is 0. The highest BCUT2D eigenvalue weighted by Crippen LogP contribution is 2.19. The molecule has 0 saturated carbocycles. The second-order valence-electron chi connectivity index (χ2n) is 26.7. The lowest BCUT2D eigenvalue weighted by molar-refractivity contribution is -0.143. The SMILES string of the molecule is CCCCCCCCCCCCCCCCCC/C=C/C(O)C(CO)NC(=O)CCCCCCCCCCCCCCCCCCC/C=C\CCCCCCCCCCCCCCCCOC(=O)CCCCCCCCCCCCCCCC. The monoisotopic (exact) mass is 1180 g/mol. The summed E-state index contributed by atoms with van der Waals surface area (Å²) in [5.41, 5.74) is 0. The molecule has 6 nitrogen and oxygen atoms in total. The summed E-state index contributed by atoms with van der Waals surface area (Å²) < 4.78 is 5.50. The van der Waals surface area contributed by atoms with Gasteiger partial charge in [-0.3, -0.25) is 9.59 Å². The molecule has 1 amide bonds. The van der Waals surface area contributed by atoms with E-state index in [-0.39, 0.29) is 18.5 Å². The smallest absolute Gasteiger partial charge is 0.305 e. The number of esters is 1. The molecule has 0 aliphatic carbocycles. The summed E-state index contributed by atoms with van der Waals surface area (Å²) in [5.74, 6) is -0.0373. The number of ether oxygens (including phenoxy) is 1. The van der Waals surface area contributed by atoms with Crippen molar-refractivity contribution < 1.29 is 24.5 Å². The zero-order chi connectivity index (χ0) is 60.6. The van der Waals surface area contributed by atoms with E-state index in [9.17, 15) is 19.8 Å². The van der Waals surface area contributed by atoms with Crippen LogP contribution < -0.4 is 5.32 Å². The van der Waals surface area contributed by atoms with Crippen molar-refractivity contribution in [2.45, 2.75) is 450 Å². The van der Waals surface area contributed by atoms with Gasteiger partial charge in [-0.05, 0) is 57.8 Å². The maximum Gasteiger partial charge on any atom is 0.305 e. The number of hydrogen-bond acceptors (Lipinski definition) is 5. The quantitative estimate of drug-likeness (QED) is 0.0320. The minimum Gasteiger partial charge on any atom is -0.466 e. The molecular weight excluding hydrogens is 1030 g/mol. The number of allylic oxidation sites excluding steroid dienone is 3. The van der Waals surface area contributed by atoms with Crippen LogP contribution in [0, 0.1) is 0 Å². The lowest BCUT2D eigenvalue weighted by atomic mass is 10.0. The molecule has 0 aromatic carbocycles. The molecule has 6 heteroatoms. The van der Waals surface area contributed by atoms with E-state index in [0.717, 1.165) is 38.5 Å². The van der Waals surface area contributed by atoms with E-state index in [0.29, 0.717) is 19.4 Å². The first-order valence-corrected chi connectivity index (χ1v) is 38.6. The van der Waals surface area contributed by atoms with Crippen LogP contribution in [0.2, 0.25) is 0 Å². The number of amides is 1. The number of nitrogens with one attached hydrogen (secondary N) is 1. The summed E-state index contributed by atoms with van der Waals surface area (Å²) >= 11 is 0. The molecule has 3 N–H and O–H groups in total. The largest absolute Gasteiger partial charge is 0.466 e. The van der Waals surface area contributed by atoms with Gasteiger partial charge in [-0.2, -0.15) is 0 Å². The second kappa shape index (κ2) is 73.8. The lowest BCUT2D eigenvalue weighted by Gasteiger charge is -2.20. The maximum absolute atomic E-state index is 12.5. The Kier molecular flexibility index (Phi) is 72.3. The van der Waals surface area contributed by atoms with Crippen molar-refractivity contribution in [1.29, 1.82) is 0 Å². The van der Waals surface area contributed by atoms with Gasteiger partial charge in [0.25, 0.3) is 0 Å². The highest BCUT2D eigenvalue weighted by atomic mass is 16.5. The van der Waals surface area contributed by atoms with Crippen LogP contribution in [0.4, 0.5) is 0 Å². The zero-order valence-electron chi connectivity index (χ0n) is 57.2. The number of carbonyl (C=O) groups excluding carboxylic acids is 2. The molecule has 498 valence electrons. The van der Waals surface area contributed by atoms with Crippen molar-refractivity contribution in [1.82, 2.24) is 5.32 Å². The highest BCUT2D eigenvalue weighted by Gasteiger charge is 2.18. The van der Waals surface area contributed by atoms with E-state index in [1.807, 2.05) is 6.08 Å². The van der Waals surface area contributed by atoms with Crippen LogP contribution in [0.3, 0.4) is 0 Å². The molecule has 0 aromatic heterocycles. The summed E-state index contributed by atoms with van der Waals surface area (Å²) in [4.78, 5) is 24.6. The van der Waals surface area contributed by atoms with Crippen molar-refractivity contribution in [3.8, 4) is 0 Å². The Labute approximate surface area is 526 Å². The minimum atomic E-state index is -0.842. The van der Waals surface area contributed by atoms with Crippen LogP contribution in [-0.2, 0) is 14.3 Å². The summed E-state index contributed by atoms with van der Waals surface area (Å²) in [6.45, 7) is 4.95. The maximum atomic E-state index is 12.5. The third-order valence-electron chi connectivity index (χ3n) is 18.2. The molecule has 0 saturated heterocycles. The van der Waals surface area contributed by atoms with E-state index in [1.165, 1.54) is 372 Å². The second-order valence-corrected chi connectivity index (χ2v) is 26.7. The number of aliphatic hydroxyl groups excluding tert-OH is 2. The van der Waals surface area contributed by atoms with E-state index in [2.05, 4.69) is 31.3 Å². The molecule has 0 spiro atoms. The van der Waals surface area contributed by atoms with Crippen LogP contribution in [0.5, 0.6) is 0 Å². The van der Waals surface area contributed by atoms with Crippen LogP contribution in [0.25, 0.3) is 0 Å². The molecule has 0 radical (unpaired) electrons. The molecule has 0 fully saturated rings.